The van der Waals surface area contributed by atoms with Crippen LogP contribution in [-0.4, -0.2) is 27.4 Å². The van der Waals surface area contributed by atoms with Gasteiger partial charge in [0.25, 0.3) is 5.56 Å². The number of aliphatic hydroxyl groups is 1. The van der Waals surface area contributed by atoms with Crippen molar-refractivity contribution in [3.05, 3.63) is 32.6 Å². The van der Waals surface area contributed by atoms with E-state index in [0.29, 0.717) is 12.2 Å². The molecule has 0 fully saturated rings. The Kier molecular flexibility index (Phi) is 5.80. The third-order valence-corrected chi connectivity index (χ3v) is 2.94. The molecule has 1 rings (SSSR count). The van der Waals surface area contributed by atoms with Crippen LogP contribution in [-0.2, 0) is 20.6 Å². The van der Waals surface area contributed by atoms with E-state index in [9.17, 15) is 9.59 Å². The molecule has 1 aromatic rings. The van der Waals surface area contributed by atoms with Crippen LogP contribution in [0.4, 0.5) is 0 Å². The van der Waals surface area contributed by atoms with Gasteiger partial charge in [-0.1, -0.05) is 0 Å². The molecule has 2 N–H and O–H groups in total. The number of nitrogens with zero attached hydrogens (tertiary/aromatic N) is 2. The highest BCUT2D eigenvalue weighted by Crippen LogP contribution is 1.94. The van der Waals surface area contributed by atoms with Gasteiger partial charge in [0.1, 0.15) is 0 Å². The summed E-state index contributed by atoms with van der Waals surface area (Å²) in [6.45, 7) is 1.54. The largest absolute Gasteiger partial charge is 0.396 e. The Balaban J connectivity index is 2.53. The van der Waals surface area contributed by atoms with Crippen LogP contribution in [0.5, 0.6) is 0 Å². The van der Waals surface area contributed by atoms with E-state index in [1.165, 1.54) is 17.7 Å². The lowest BCUT2D eigenvalue weighted by molar-refractivity contribution is 0.283. The van der Waals surface area contributed by atoms with E-state index in [-0.39, 0.29) is 17.9 Å². The molecule has 0 aliphatic heterocycles. The summed E-state index contributed by atoms with van der Waals surface area (Å²) in [7, 11) is 3.13. The molecule has 18 heavy (non-hydrogen) atoms. The maximum absolute atomic E-state index is 11.7. The molecule has 0 radical (unpaired) electrons. The van der Waals surface area contributed by atoms with Gasteiger partial charge in [-0.15, -0.1) is 0 Å². The van der Waals surface area contributed by atoms with Crippen molar-refractivity contribution in [1.82, 2.24) is 14.5 Å². The van der Waals surface area contributed by atoms with Crippen LogP contribution >= 0.6 is 0 Å². The Bertz CT molecular complexity index is 490. The Hall–Kier alpha value is -1.40. The molecular formula is C12H21N3O3. The minimum absolute atomic E-state index is 0.225. The smallest absolute Gasteiger partial charge is 0.330 e. The first-order valence-electron chi connectivity index (χ1n) is 6.15. The first kappa shape index (κ1) is 14.7. The molecule has 0 saturated carbocycles. The highest BCUT2D eigenvalue weighted by Gasteiger charge is 2.04. The predicted octanol–water partition coefficient (Wildman–Crippen LogP) is -0.664. The van der Waals surface area contributed by atoms with Crippen LogP contribution in [0, 0.1) is 0 Å². The van der Waals surface area contributed by atoms with Crippen LogP contribution < -0.4 is 16.6 Å². The maximum atomic E-state index is 11.7. The van der Waals surface area contributed by atoms with Gasteiger partial charge >= 0.3 is 5.69 Å². The predicted molar refractivity (Wildman–Crippen MR) is 69.6 cm³/mol. The van der Waals surface area contributed by atoms with Crippen molar-refractivity contribution >= 4 is 0 Å². The van der Waals surface area contributed by atoms with Gasteiger partial charge in [-0.3, -0.25) is 13.9 Å². The molecule has 102 valence electrons. The number of rotatable bonds is 7. The average molecular weight is 255 g/mol. The first-order valence-corrected chi connectivity index (χ1v) is 6.15. The summed E-state index contributed by atoms with van der Waals surface area (Å²) >= 11 is 0. The van der Waals surface area contributed by atoms with E-state index >= 15 is 0 Å². The van der Waals surface area contributed by atoms with E-state index in [4.69, 9.17) is 5.11 Å². The third kappa shape index (κ3) is 3.82. The summed E-state index contributed by atoms with van der Waals surface area (Å²) in [6.07, 6.45) is 2.75. The molecule has 0 spiro atoms. The topological polar surface area (TPSA) is 76.3 Å². The molecule has 6 heteroatoms. The Labute approximate surface area is 106 Å². The second-order valence-corrected chi connectivity index (χ2v) is 4.34. The van der Waals surface area contributed by atoms with Crippen LogP contribution in [0.1, 0.15) is 25.0 Å². The van der Waals surface area contributed by atoms with Crippen molar-refractivity contribution in [3.8, 4) is 0 Å². The summed E-state index contributed by atoms with van der Waals surface area (Å²) in [5.41, 5.74) is 0.0972. The number of hydrogen-bond donors (Lipinski definition) is 2. The molecule has 0 bridgehead atoms. The first-order chi connectivity index (χ1) is 8.57. The van der Waals surface area contributed by atoms with Crippen molar-refractivity contribution in [3.63, 3.8) is 0 Å². The Morgan fingerprint density at radius 1 is 1.17 bits per heavy atom. The molecular weight excluding hydrogens is 234 g/mol. The van der Waals surface area contributed by atoms with Gasteiger partial charge in [0.05, 0.1) is 0 Å². The van der Waals surface area contributed by atoms with E-state index in [2.05, 4.69) is 5.32 Å². The fourth-order valence-electron chi connectivity index (χ4n) is 1.70. The molecule has 1 heterocycles. The van der Waals surface area contributed by atoms with Gasteiger partial charge in [0.2, 0.25) is 0 Å². The minimum atomic E-state index is -0.306. The Morgan fingerprint density at radius 3 is 2.56 bits per heavy atom. The second-order valence-electron chi connectivity index (χ2n) is 4.34. The van der Waals surface area contributed by atoms with Gasteiger partial charge in [0, 0.05) is 39.0 Å². The lowest BCUT2D eigenvalue weighted by Crippen LogP contribution is -2.39. The summed E-state index contributed by atoms with van der Waals surface area (Å²) in [6, 6.07) is 1.47. The average Bonchev–Trinajstić information content (AvgIpc) is 2.37. The zero-order chi connectivity index (χ0) is 13.5. The lowest BCUT2D eigenvalue weighted by atomic mass is 10.2. The number of unbranched alkanes of at least 4 members (excludes halogenated alkanes) is 2. The summed E-state index contributed by atoms with van der Waals surface area (Å²) in [4.78, 5) is 23.1. The fourth-order valence-corrected chi connectivity index (χ4v) is 1.70. The van der Waals surface area contributed by atoms with E-state index in [1.807, 2.05) is 0 Å². The number of nitrogens with one attached hydrogen (secondary N) is 1. The van der Waals surface area contributed by atoms with Crippen molar-refractivity contribution in [2.75, 3.05) is 13.2 Å². The third-order valence-electron chi connectivity index (χ3n) is 2.94. The standard InChI is InChI=1S/C12H21N3O3/c1-14-10(8-11(17)15(2)12(14)18)9-13-6-4-3-5-7-16/h8,13,16H,3-7,9H2,1-2H3. The summed E-state index contributed by atoms with van der Waals surface area (Å²) in [5.74, 6) is 0. The molecule has 0 aliphatic rings. The highest BCUT2D eigenvalue weighted by atomic mass is 16.3. The zero-order valence-electron chi connectivity index (χ0n) is 11.0. The van der Waals surface area contributed by atoms with E-state index in [1.54, 1.807) is 7.05 Å². The van der Waals surface area contributed by atoms with E-state index < -0.39 is 0 Å². The molecule has 0 atom stereocenters. The zero-order valence-corrected chi connectivity index (χ0v) is 11.0. The van der Waals surface area contributed by atoms with Crippen LogP contribution in [0.3, 0.4) is 0 Å². The van der Waals surface area contributed by atoms with Crippen molar-refractivity contribution < 1.29 is 5.11 Å². The fraction of sp³-hybridized carbons (Fsp3) is 0.667. The molecule has 1 aromatic heterocycles. The van der Waals surface area contributed by atoms with Crippen molar-refractivity contribution in [1.29, 1.82) is 0 Å². The van der Waals surface area contributed by atoms with Gasteiger partial charge in [-0.25, -0.2) is 4.79 Å². The highest BCUT2D eigenvalue weighted by molar-refractivity contribution is 5.01. The number of hydrogen-bond acceptors (Lipinski definition) is 4. The van der Waals surface area contributed by atoms with Gasteiger partial charge in [-0.2, -0.15) is 0 Å². The van der Waals surface area contributed by atoms with Gasteiger partial charge in [-0.05, 0) is 25.8 Å². The Morgan fingerprint density at radius 2 is 1.89 bits per heavy atom. The molecule has 0 aromatic carbocycles. The normalized spacial score (nSPS) is 10.8. The summed E-state index contributed by atoms with van der Waals surface area (Å²) in [5, 5.41) is 11.8. The monoisotopic (exact) mass is 255 g/mol. The van der Waals surface area contributed by atoms with Crippen molar-refractivity contribution in [2.45, 2.75) is 25.8 Å². The van der Waals surface area contributed by atoms with Crippen LogP contribution in [0.2, 0.25) is 0 Å². The van der Waals surface area contributed by atoms with Crippen LogP contribution in [0.25, 0.3) is 0 Å². The molecule has 0 saturated heterocycles. The molecule has 0 unspecified atom stereocenters. The SMILES string of the molecule is Cn1c(CNCCCCCO)cc(=O)n(C)c1=O. The lowest BCUT2D eigenvalue weighted by Gasteiger charge is -2.10. The van der Waals surface area contributed by atoms with Crippen LogP contribution in [0.15, 0.2) is 15.7 Å². The number of aromatic nitrogens is 2. The van der Waals surface area contributed by atoms with Gasteiger partial charge < -0.3 is 10.4 Å². The molecule has 0 amide bonds. The summed E-state index contributed by atoms with van der Waals surface area (Å²) < 4.78 is 2.56. The molecule has 0 aliphatic carbocycles. The second kappa shape index (κ2) is 7.13. The number of aliphatic hydroxyl groups excluding tert-OH is 1. The quantitative estimate of drug-likeness (QED) is 0.634. The minimum Gasteiger partial charge on any atom is -0.396 e. The van der Waals surface area contributed by atoms with Crippen molar-refractivity contribution in [2.24, 2.45) is 14.1 Å². The molecule has 6 nitrogen and oxygen atoms in total. The van der Waals surface area contributed by atoms with E-state index in [0.717, 1.165) is 30.4 Å². The van der Waals surface area contributed by atoms with Gasteiger partial charge in [0.15, 0.2) is 0 Å². The maximum Gasteiger partial charge on any atom is 0.330 e.